The normalized spacial score (nSPS) is 23.8. The molecule has 1 aromatic carbocycles. The number of rotatable bonds is 2. The van der Waals surface area contributed by atoms with Gasteiger partial charge >= 0.3 is 0 Å². The molecular weight excluding hydrogens is 290 g/mol. The Morgan fingerprint density at radius 3 is 1.52 bits per heavy atom. The molecule has 1 aliphatic heterocycles. The van der Waals surface area contributed by atoms with Crippen molar-refractivity contribution in [2.24, 2.45) is 0 Å². The third-order valence-electron chi connectivity index (χ3n) is 4.75. The van der Waals surface area contributed by atoms with Crippen LogP contribution in [0.1, 0.15) is 27.8 Å². The molecule has 0 spiro atoms. The first-order valence-electron chi connectivity index (χ1n) is 7.02. The van der Waals surface area contributed by atoms with Crippen molar-refractivity contribution in [2.45, 2.75) is 51.7 Å². The smallest absolute Gasteiger partial charge is 0.243 e. The van der Waals surface area contributed by atoms with Gasteiger partial charge in [0.05, 0.1) is 17.1 Å². The van der Waals surface area contributed by atoms with Crippen LogP contribution in [-0.4, -0.2) is 48.2 Å². The van der Waals surface area contributed by atoms with Gasteiger partial charge in [0.15, 0.2) is 0 Å². The predicted molar refractivity (Wildman–Crippen MR) is 80.9 cm³/mol. The number of benzene rings is 1. The molecule has 0 unspecified atom stereocenters. The summed E-state index contributed by atoms with van der Waals surface area (Å²) in [6, 6.07) is 0. The fraction of sp³-hybridized carbons (Fsp3) is 0.600. The Bertz CT molecular complexity index is 642. The van der Waals surface area contributed by atoms with Gasteiger partial charge in [0.1, 0.15) is 0 Å². The van der Waals surface area contributed by atoms with E-state index in [4.69, 9.17) is 0 Å². The van der Waals surface area contributed by atoms with E-state index in [1.807, 2.05) is 34.6 Å². The maximum Gasteiger partial charge on any atom is 0.243 e. The van der Waals surface area contributed by atoms with Crippen molar-refractivity contribution in [3.8, 4) is 0 Å². The van der Waals surface area contributed by atoms with E-state index >= 15 is 0 Å². The fourth-order valence-electron chi connectivity index (χ4n) is 2.91. The van der Waals surface area contributed by atoms with Gasteiger partial charge in [0, 0.05) is 13.1 Å². The summed E-state index contributed by atoms with van der Waals surface area (Å²) < 4.78 is 26.9. The Kier molecular flexibility index (Phi) is 4.19. The summed E-state index contributed by atoms with van der Waals surface area (Å²) >= 11 is 0. The number of hydrogen-bond acceptors (Lipinski definition) is 4. The second-order valence-electron chi connectivity index (χ2n) is 5.91. The maximum absolute atomic E-state index is 12.9. The van der Waals surface area contributed by atoms with Gasteiger partial charge in [-0.05, 0) is 62.4 Å². The van der Waals surface area contributed by atoms with Crippen LogP contribution in [0.5, 0.6) is 0 Å². The Balaban J connectivity index is 2.62. The van der Waals surface area contributed by atoms with Crippen molar-refractivity contribution in [1.82, 2.24) is 4.31 Å². The van der Waals surface area contributed by atoms with Crippen molar-refractivity contribution < 1.29 is 18.6 Å². The van der Waals surface area contributed by atoms with Crippen LogP contribution in [0.3, 0.4) is 0 Å². The number of aliphatic hydroxyl groups excluding tert-OH is 2. The first-order valence-corrected chi connectivity index (χ1v) is 8.46. The molecule has 0 amide bonds. The van der Waals surface area contributed by atoms with Crippen LogP contribution in [0.4, 0.5) is 0 Å². The summed E-state index contributed by atoms with van der Waals surface area (Å²) in [6.07, 6.45) is -2.04. The van der Waals surface area contributed by atoms with E-state index in [0.717, 1.165) is 27.8 Å². The Morgan fingerprint density at radius 1 is 0.810 bits per heavy atom. The highest BCUT2D eigenvalue weighted by Gasteiger charge is 2.39. The highest BCUT2D eigenvalue weighted by atomic mass is 32.2. The Hall–Kier alpha value is -0.950. The third-order valence-corrected chi connectivity index (χ3v) is 6.86. The van der Waals surface area contributed by atoms with Crippen molar-refractivity contribution in [3.63, 3.8) is 0 Å². The van der Waals surface area contributed by atoms with E-state index in [9.17, 15) is 18.6 Å². The van der Waals surface area contributed by atoms with E-state index in [0.29, 0.717) is 4.90 Å². The molecule has 0 aromatic heterocycles. The zero-order valence-electron chi connectivity index (χ0n) is 13.1. The molecule has 2 rings (SSSR count). The topological polar surface area (TPSA) is 77.8 Å². The quantitative estimate of drug-likeness (QED) is 0.852. The molecule has 21 heavy (non-hydrogen) atoms. The molecular formula is C15H23NO4S. The van der Waals surface area contributed by atoms with Crippen molar-refractivity contribution in [1.29, 1.82) is 0 Å². The Labute approximate surface area is 126 Å². The van der Waals surface area contributed by atoms with Gasteiger partial charge in [-0.2, -0.15) is 4.31 Å². The largest absolute Gasteiger partial charge is 0.389 e. The number of β-amino-alcohol motifs (C(OH)–C–C–N with tert-alkyl or cyclic N) is 2. The number of nitrogens with zero attached hydrogens (tertiary/aromatic N) is 1. The summed E-state index contributed by atoms with van der Waals surface area (Å²) in [5.41, 5.74) is 4.53. The molecule has 6 heteroatoms. The van der Waals surface area contributed by atoms with Crippen LogP contribution in [-0.2, 0) is 10.0 Å². The molecule has 1 aliphatic rings. The SMILES string of the molecule is Cc1c(C)c(C)c(S(=O)(=O)N2C[C@@H](O)[C@@H](O)C2)c(C)c1C. The number of hydrogen-bond donors (Lipinski definition) is 2. The average Bonchev–Trinajstić information content (AvgIpc) is 2.75. The molecule has 1 saturated heterocycles. The van der Waals surface area contributed by atoms with Crippen molar-refractivity contribution in [2.75, 3.05) is 13.1 Å². The van der Waals surface area contributed by atoms with Crippen LogP contribution >= 0.6 is 0 Å². The summed E-state index contributed by atoms with van der Waals surface area (Å²) in [4.78, 5) is 0.310. The zero-order chi connectivity index (χ0) is 16.1. The maximum atomic E-state index is 12.9. The van der Waals surface area contributed by atoms with Crippen LogP contribution in [0, 0.1) is 34.6 Å². The molecule has 0 saturated carbocycles. The van der Waals surface area contributed by atoms with Gasteiger partial charge < -0.3 is 10.2 Å². The first-order chi connectivity index (χ1) is 9.59. The molecule has 0 bridgehead atoms. The molecule has 2 N–H and O–H groups in total. The minimum atomic E-state index is -3.71. The van der Waals surface area contributed by atoms with E-state index in [1.54, 1.807) is 0 Å². The van der Waals surface area contributed by atoms with Gasteiger partial charge in [-0.15, -0.1) is 0 Å². The molecule has 1 fully saturated rings. The third kappa shape index (κ3) is 2.50. The molecule has 118 valence electrons. The lowest BCUT2D eigenvalue weighted by Crippen LogP contribution is -2.31. The van der Waals surface area contributed by atoms with Gasteiger partial charge in [-0.1, -0.05) is 0 Å². The van der Waals surface area contributed by atoms with Gasteiger partial charge in [0.25, 0.3) is 0 Å². The van der Waals surface area contributed by atoms with Gasteiger partial charge in [-0.3, -0.25) is 0 Å². The van der Waals surface area contributed by atoms with Crippen LogP contribution in [0.25, 0.3) is 0 Å². The molecule has 2 atom stereocenters. The number of aliphatic hydroxyl groups is 2. The van der Waals surface area contributed by atoms with Crippen LogP contribution < -0.4 is 0 Å². The van der Waals surface area contributed by atoms with Crippen LogP contribution in [0.15, 0.2) is 4.90 Å². The molecule has 1 heterocycles. The predicted octanol–water partition coefficient (Wildman–Crippen LogP) is 0.955. The summed E-state index contributed by atoms with van der Waals surface area (Å²) in [5.74, 6) is 0. The van der Waals surface area contributed by atoms with E-state index < -0.39 is 22.2 Å². The van der Waals surface area contributed by atoms with Gasteiger partial charge in [0.2, 0.25) is 10.0 Å². The second kappa shape index (κ2) is 5.35. The summed E-state index contributed by atoms with van der Waals surface area (Å²) in [6.45, 7) is 9.33. The lowest BCUT2D eigenvalue weighted by Gasteiger charge is -2.23. The minimum Gasteiger partial charge on any atom is -0.389 e. The fourth-order valence-corrected chi connectivity index (χ4v) is 4.95. The van der Waals surface area contributed by atoms with E-state index in [1.165, 1.54) is 4.31 Å². The minimum absolute atomic E-state index is 0.0612. The summed E-state index contributed by atoms with van der Waals surface area (Å²) in [5, 5.41) is 19.2. The highest BCUT2D eigenvalue weighted by Crippen LogP contribution is 2.32. The number of sulfonamides is 1. The zero-order valence-corrected chi connectivity index (χ0v) is 14.0. The molecule has 1 aromatic rings. The highest BCUT2D eigenvalue weighted by molar-refractivity contribution is 7.89. The second-order valence-corrected chi connectivity index (χ2v) is 7.79. The lowest BCUT2D eigenvalue weighted by molar-refractivity contribution is 0.0572. The van der Waals surface area contributed by atoms with Crippen molar-refractivity contribution in [3.05, 3.63) is 27.8 Å². The van der Waals surface area contributed by atoms with Crippen LogP contribution in [0.2, 0.25) is 0 Å². The Morgan fingerprint density at radius 2 is 1.14 bits per heavy atom. The standard InChI is InChI=1S/C15H23NO4S/c1-8-9(2)11(4)15(12(5)10(8)3)21(19,20)16-6-13(17)14(18)7-16/h13-14,17-18H,6-7H2,1-5H3/t13-,14+. The lowest BCUT2D eigenvalue weighted by atomic mass is 9.95. The van der Waals surface area contributed by atoms with Crippen molar-refractivity contribution >= 4 is 10.0 Å². The van der Waals surface area contributed by atoms with E-state index in [-0.39, 0.29) is 13.1 Å². The monoisotopic (exact) mass is 313 g/mol. The van der Waals surface area contributed by atoms with Gasteiger partial charge in [-0.25, -0.2) is 8.42 Å². The van der Waals surface area contributed by atoms with E-state index in [2.05, 4.69) is 0 Å². The molecule has 0 aliphatic carbocycles. The molecule has 5 nitrogen and oxygen atoms in total. The summed E-state index contributed by atoms with van der Waals surface area (Å²) in [7, 11) is -3.71. The molecule has 0 radical (unpaired) electrons. The first kappa shape index (κ1) is 16.4. The average molecular weight is 313 g/mol.